The van der Waals surface area contributed by atoms with E-state index >= 15 is 0 Å². The summed E-state index contributed by atoms with van der Waals surface area (Å²) < 4.78 is 5.65. The van der Waals surface area contributed by atoms with Gasteiger partial charge in [-0.25, -0.2) is 0 Å². The van der Waals surface area contributed by atoms with E-state index in [4.69, 9.17) is 27.9 Å². The van der Waals surface area contributed by atoms with Crippen molar-refractivity contribution in [2.45, 2.75) is 6.92 Å². The van der Waals surface area contributed by atoms with Crippen molar-refractivity contribution in [2.24, 2.45) is 0 Å². The van der Waals surface area contributed by atoms with Crippen molar-refractivity contribution >= 4 is 23.2 Å². The van der Waals surface area contributed by atoms with Crippen molar-refractivity contribution in [1.82, 2.24) is 0 Å². The first-order valence-corrected chi connectivity index (χ1v) is 5.60. The van der Waals surface area contributed by atoms with Crippen molar-refractivity contribution in [1.29, 1.82) is 0 Å². The third-order valence-electron chi connectivity index (χ3n) is 2.18. The summed E-state index contributed by atoms with van der Waals surface area (Å²) in [4.78, 5) is 0. The highest BCUT2D eigenvalue weighted by Crippen LogP contribution is 2.26. The fourth-order valence-corrected chi connectivity index (χ4v) is 1.56. The highest BCUT2D eigenvalue weighted by Gasteiger charge is 2.00. The van der Waals surface area contributed by atoms with Gasteiger partial charge in [0.2, 0.25) is 0 Å². The van der Waals surface area contributed by atoms with E-state index in [1.54, 1.807) is 12.1 Å². The maximum Gasteiger partial charge on any atom is 0.127 e. The van der Waals surface area contributed by atoms with E-state index in [9.17, 15) is 0 Å². The van der Waals surface area contributed by atoms with Crippen LogP contribution >= 0.6 is 23.2 Å². The number of halogens is 2. The predicted octanol–water partition coefficient (Wildman–Crippen LogP) is 5.09. The lowest BCUT2D eigenvalue weighted by molar-refractivity contribution is 0.482. The van der Waals surface area contributed by atoms with Gasteiger partial charge >= 0.3 is 0 Å². The second-order valence-corrected chi connectivity index (χ2v) is 4.31. The Bertz CT molecular complexity index is 492. The molecule has 82 valence electrons. The Balaban J connectivity index is 2.20. The van der Waals surface area contributed by atoms with Gasteiger partial charge in [0.15, 0.2) is 0 Å². The molecule has 0 N–H and O–H groups in total. The molecule has 0 aromatic heterocycles. The zero-order valence-electron chi connectivity index (χ0n) is 8.71. The van der Waals surface area contributed by atoms with Gasteiger partial charge in [-0.3, -0.25) is 0 Å². The molecule has 0 bridgehead atoms. The number of hydrogen-bond acceptors (Lipinski definition) is 1. The molecule has 0 saturated carbocycles. The Morgan fingerprint density at radius 2 is 1.50 bits per heavy atom. The molecule has 0 radical (unpaired) electrons. The number of ether oxygens (including phenoxy) is 1. The van der Waals surface area contributed by atoms with Crippen LogP contribution in [0.15, 0.2) is 42.5 Å². The highest BCUT2D eigenvalue weighted by molar-refractivity contribution is 6.31. The van der Waals surface area contributed by atoms with Crippen molar-refractivity contribution in [3.8, 4) is 11.5 Å². The number of aryl methyl sites for hydroxylation is 1. The van der Waals surface area contributed by atoms with Crippen LogP contribution in [0.1, 0.15) is 5.56 Å². The van der Waals surface area contributed by atoms with Crippen LogP contribution in [0.3, 0.4) is 0 Å². The van der Waals surface area contributed by atoms with Gasteiger partial charge in [-0.15, -0.1) is 0 Å². The molecule has 2 rings (SSSR count). The van der Waals surface area contributed by atoms with E-state index in [0.717, 1.165) is 22.1 Å². The van der Waals surface area contributed by atoms with Crippen LogP contribution in [0.2, 0.25) is 10.0 Å². The second-order valence-electron chi connectivity index (χ2n) is 3.47. The molecule has 0 unspecified atom stereocenters. The molecular formula is C13H10Cl2O. The molecule has 2 aromatic carbocycles. The Kier molecular flexibility index (Phi) is 3.37. The zero-order valence-corrected chi connectivity index (χ0v) is 10.2. The minimum Gasteiger partial charge on any atom is -0.457 e. The van der Waals surface area contributed by atoms with E-state index in [2.05, 4.69) is 0 Å². The third kappa shape index (κ3) is 2.69. The molecule has 0 saturated heterocycles. The third-order valence-corrected chi connectivity index (χ3v) is 2.85. The lowest BCUT2D eigenvalue weighted by Gasteiger charge is -2.07. The Hall–Kier alpha value is -1.18. The Morgan fingerprint density at radius 3 is 2.12 bits per heavy atom. The quantitative estimate of drug-likeness (QED) is 0.723. The van der Waals surface area contributed by atoms with Gasteiger partial charge in [0.05, 0.1) is 0 Å². The first-order valence-electron chi connectivity index (χ1n) is 4.85. The average Bonchev–Trinajstić information content (AvgIpc) is 2.27. The van der Waals surface area contributed by atoms with E-state index in [1.165, 1.54) is 0 Å². The Morgan fingerprint density at radius 1 is 0.875 bits per heavy atom. The predicted molar refractivity (Wildman–Crippen MR) is 67.7 cm³/mol. The lowest BCUT2D eigenvalue weighted by atomic mass is 10.2. The Labute approximate surface area is 105 Å². The molecule has 0 atom stereocenters. The molecule has 0 spiro atoms. The largest absolute Gasteiger partial charge is 0.457 e. The first-order chi connectivity index (χ1) is 7.65. The van der Waals surface area contributed by atoms with Gasteiger partial charge in [-0.2, -0.15) is 0 Å². The summed E-state index contributed by atoms with van der Waals surface area (Å²) in [7, 11) is 0. The van der Waals surface area contributed by atoms with Crippen molar-refractivity contribution in [2.75, 3.05) is 0 Å². The molecule has 0 aliphatic heterocycles. The molecule has 0 amide bonds. The van der Waals surface area contributed by atoms with E-state index < -0.39 is 0 Å². The minimum absolute atomic E-state index is 0.694. The van der Waals surface area contributed by atoms with E-state index in [-0.39, 0.29) is 0 Å². The summed E-state index contributed by atoms with van der Waals surface area (Å²) in [6.45, 7) is 1.94. The summed E-state index contributed by atoms with van der Waals surface area (Å²) in [6.07, 6.45) is 0. The average molecular weight is 253 g/mol. The summed E-state index contributed by atoms with van der Waals surface area (Å²) in [5.41, 5.74) is 0.994. The molecule has 0 fully saturated rings. The summed E-state index contributed by atoms with van der Waals surface area (Å²) in [5, 5.41) is 1.43. The highest BCUT2D eigenvalue weighted by atomic mass is 35.5. The standard InChI is InChI=1S/C13H10Cl2O/c1-9-8-12(6-7-13(9)15)16-11-4-2-10(14)3-5-11/h2-8H,1H3. The number of benzene rings is 2. The molecule has 3 heteroatoms. The summed E-state index contributed by atoms with van der Waals surface area (Å²) >= 11 is 11.7. The second kappa shape index (κ2) is 4.77. The summed E-state index contributed by atoms with van der Waals surface area (Å²) in [6, 6.07) is 12.8. The van der Waals surface area contributed by atoms with Gasteiger partial charge in [-0.05, 0) is 55.0 Å². The van der Waals surface area contributed by atoms with E-state index in [0.29, 0.717) is 5.02 Å². The van der Waals surface area contributed by atoms with Crippen LogP contribution in [0.4, 0.5) is 0 Å². The monoisotopic (exact) mass is 252 g/mol. The SMILES string of the molecule is Cc1cc(Oc2ccc(Cl)cc2)ccc1Cl. The molecule has 1 nitrogen and oxygen atoms in total. The molecule has 16 heavy (non-hydrogen) atoms. The van der Waals surface area contributed by atoms with Crippen LogP contribution < -0.4 is 4.74 Å². The van der Waals surface area contributed by atoms with Crippen molar-refractivity contribution < 1.29 is 4.74 Å². The normalized spacial score (nSPS) is 10.2. The maximum absolute atomic E-state index is 5.93. The fraction of sp³-hybridized carbons (Fsp3) is 0.0769. The van der Waals surface area contributed by atoms with Gasteiger partial charge < -0.3 is 4.74 Å². The van der Waals surface area contributed by atoms with Crippen LogP contribution in [0.5, 0.6) is 11.5 Å². The smallest absolute Gasteiger partial charge is 0.127 e. The number of hydrogen-bond donors (Lipinski definition) is 0. The number of rotatable bonds is 2. The van der Waals surface area contributed by atoms with Gasteiger partial charge in [0.1, 0.15) is 11.5 Å². The molecular weight excluding hydrogens is 243 g/mol. The molecule has 2 aromatic rings. The van der Waals surface area contributed by atoms with E-state index in [1.807, 2.05) is 37.3 Å². The summed E-state index contributed by atoms with van der Waals surface area (Å²) in [5.74, 6) is 1.52. The van der Waals surface area contributed by atoms with Crippen molar-refractivity contribution in [3.63, 3.8) is 0 Å². The lowest BCUT2D eigenvalue weighted by Crippen LogP contribution is -1.85. The van der Waals surface area contributed by atoms with Gasteiger partial charge in [0.25, 0.3) is 0 Å². The topological polar surface area (TPSA) is 9.23 Å². The first kappa shape index (κ1) is 11.3. The molecule has 0 aliphatic rings. The van der Waals surface area contributed by atoms with Crippen LogP contribution in [0.25, 0.3) is 0 Å². The van der Waals surface area contributed by atoms with Crippen LogP contribution in [-0.2, 0) is 0 Å². The van der Waals surface area contributed by atoms with Crippen LogP contribution in [0, 0.1) is 6.92 Å². The fourth-order valence-electron chi connectivity index (χ4n) is 1.32. The van der Waals surface area contributed by atoms with Crippen LogP contribution in [-0.4, -0.2) is 0 Å². The maximum atomic E-state index is 5.93. The molecule has 0 heterocycles. The molecule has 0 aliphatic carbocycles. The minimum atomic E-state index is 0.694. The van der Waals surface area contributed by atoms with Gasteiger partial charge in [0, 0.05) is 10.0 Å². The van der Waals surface area contributed by atoms with Crippen molar-refractivity contribution in [3.05, 3.63) is 58.1 Å². The zero-order chi connectivity index (χ0) is 11.5. The van der Waals surface area contributed by atoms with Gasteiger partial charge in [-0.1, -0.05) is 23.2 Å².